The number of rotatable bonds is 5. The first kappa shape index (κ1) is 14.5. The fourth-order valence-electron chi connectivity index (χ4n) is 1.38. The quantitative estimate of drug-likeness (QED) is 0.870. The molecular formula is C14H21NO3. The van der Waals surface area contributed by atoms with Gasteiger partial charge < -0.3 is 14.7 Å². The first-order valence-electron chi connectivity index (χ1n) is 6.08. The molecule has 1 amide bonds. The van der Waals surface area contributed by atoms with E-state index >= 15 is 0 Å². The standard InChI is InChI=1S/C14H21NO3/c1-10(2)15(4)14(17)9-18-13-7-5-12(6-8-13)11(3)16/h5-8,10-11,16H,9H2,1-4H3/t11-/m0/s1. The SMILES string of the molecule is CC(C)N(C)C(=O)COc1ccc([C@H](C)O)cc1. The molecule has 0 saturated carbocycles. The second kappa shape index (κ2) is 6.40. The van der Waals surface area contributed by atoms with Gasteiger partial charge in [-0.15, -0.1) is 0 Å². The van der Waals surface area contributed by atoms with E-state index in [0.717, 1.165) is 5.56 Å². The molecule has 0 aliphatic carbocycles. The lowest BCUT2D eigenvalue weighted by Gasteiger charge is -2.21. The van der Waals surface area contributed by atoms with Gasteiger partial charge in [-0.2, -0.15) is 0 Å². The number of ether oxygens (including phenoxy) is 1. The predicted molar refractivity (Wildman–Crippen MR) is 70.5 cm³/mol. The minimum absolute atomic E-state index is 0.0305. The van der Waals surface area contributed by atoms with E-state index in [9.17, 15) is 9.90 Å². The van der Waals surface area contributed by atoms with Gasteiger partial charge in [-0.1, -0.05) is 12.1 Å². The predicted octanol–water partition coefficient (Wildman–Crippen LogP) is 1.99. The number of amides is 1. The van der Waals surface area contributed by atoms with Gasteiger partial charge in [-0.25, -0.2) is 0 Å². The molecule has 0 radical (unpaired) electrons. The van der Waals surface area contributed by atoms with Crippen molar-refractivity contribution in [3.8, 4) is 5.75 Å². The zero-order valence-electron chi connectivity index (χ0n) is 11.4. The molecule has 1 rings (SSSR count). The van der Waals surface area contributed by atoms with Gasteiger partial charge in [-0.05, 0) is 38.5 Å². The third-order valence-electron chi connectivity index (χ3n) is 2.89. The Labute approximate surface area is 108 Å². The molecule has 0 aliphatic rings. The molecule has 0 bridgehead atoms. The Balaban J connectivity index is 2.51. The van der Waals surface area contributed by atoms with Gasteiger partial charge in [0.2, 0.25) is 0 Å². The fraction of sp³-hybridized carbons (Fsp3) is 0.500. The van der Waals surface area contributed by atoms with Gasteiger partial charge in [-0.3, -0.25) is 4.79 Å². The van der Waals surface area contributed by atoms with Crippen LogP contribution in [0.1, 0.15) is 32.4 Å². The molecule has 0 fully saturated rings. The summed E-state index contributed by atoms with van der Waals surface area (Å²) < 4.78 is 5.40. The van der Waals surface area contributed by atoms with Crippen LogP contribution in [0.5, 0.6) is 5.75 Å². The highest BCUT2D eigenvalue weighted by molar-refractivity contribution is 5.77. The van der Waals surface area contributed by atoms with Crippen LogP contribution in [0.4, 0.5) is 0 Å². The zero-order valence-corrected chi connectivity index (χ0v) is 11.4. The smallest absolute Gasteiger partial charge is 0.260 e. The molecule has 0 heterocycles. The van der Waals surface area contributed by atoms with Gasteiger partial charge in [0.15, 0.2) is 6.61 Å². The highest BCUT2D eigenvalue weighted by atomic mass is 16.5. The maximum atomic E-state index is 11.7. The summed E-state index contributed by atoms with van der Waals surface area (Å²) in [5, 5.41) is 9.36. The van der Waals surface area contributed by atoms with E-state index in [0.29, 0.717) is 5.75 Å². The molecule has 0 aliphatic heterocycles. The number of hydrogen-bond donors (Lipinski definition) is 1. The second-order valence-electron chi connectivity index (χ2n) is 4.63. The normalized spacial score (nSPS) is 12.3. The molecule has 0 unspecified atom stereocenters. The number of hydrogen-bond acceptors (Lipinski definition) is 3. The fourth-order valence-corrected chi connectivity index (χ4v) is 1.38. The van der Waals surface area contributed by atoms with Crippen LogP contribution < -0.4 is 4.74 Å². The lowest BCUT2D eigenvalue weighted by molar-refractivity contribution is -0.133. The molecule has 0 saturated heterocycles. The van der Waals surface area contributed by atoms with Crippen LogP contribution in [-0.2, 0) is 4.79 Å². The first-order valence-corrected chi connectivity index (χ1v) is 6.08. The summed E-state index contributed by atoms with van der Waals surface area (Å²) in [6.45, 7) is 5.64. The molecule has 0 aromatic heterocycles. The minimum atomic E-state index is -0.493. The topological polar surface area (TPSA) is 49.8 Å². The maximum absolute atomic E-state index is 11.7. The highest BCUT2D eigenvalue weighted by Gasteiger charge is 2.12. The second-order valence-corrected chi connectivity index (χ2v) is 4.63. The molecule has 1 aromatic rings. The van der Waals surface area contributed by atoms with Crippen LogP contribution in [0.2, 0.25) is 0 Å². The van der Waals surface area contributed by atoms with Gasteiger partial charge in [0.05, 0.1) is 6.10 Å². The van der Waals surface area contributed by atoms with Crippen molar-refractivity contribution in [1.82, 2.24) is 4.90 Å². The molecule has 4 heteroatoms. The highest BCUT2D eigenvalue weighted by Crippen LogP contribution is 2.17. The zero-order chi connectivity index (χ0) is 13.7. The summed E-state index contributed by atoms with van der Waals surface area (Å²) in [6.07, 6.45) is -0.493. The van der Waals surface area contributed by atoms with Gasteiger partial charge in [0.1, 0.15) is 5.75 Å². The Bertz CT molecular complexity index is 385. The van der Waals surface area contributed by atoms with E-state index in [4.69, 9.17) is 4.74 Å². The van der Waals surface area contributed by atoms with E-state index in [1.54, 1.807) is 43.1 Å². The van der Waals surface area contributed by atoms with E-state index < -0.39 is 6.10 Å². The Morgan fingerprint density at radius 1 is 1.28 bits per heavy atom. The van der Waals surface area contributed by atoms with Crippen molar-refractivity contribution in [3.63, 3.8) is 0 Å². The van der Waals surface area contributed by atoms with Crippen LogP contribution in [0, 0.1) is 0 Å². The van der Waals surface area contributed by atoms with E-state index in [-0.39, 0.29) is 18.6 Å². The monoisotopic (exact) mass is 251 g/mol. The number of aliphatic hydroxyl groups excluding tert-OH is 1. The molecule has 1 N–H and O–H groups in total. The number of likely N-dealkylation sites (N-methyl/N-ethyl adjacent to an activating group) is 1. The molecule has 1 aromatic carbocycles. The Morgan fingerprint density at radius 2 is 1.83 bits per heavy atom. The number of carbonyl (C=O) groups excluding carboxylic acids is 1. The molecular weight excluding hydrogens is 230 g/mol. The van der Waals surface area contributed by atoms with Crippen LogP contribution >= 0.6 is 0 Å². The summed E-state index contributed by atoms with van der Waals surface area (Å²) in [5.41, 5.74) is 0.827. The molecule has 0 spiro atoms. The van der Waals surface area contributed by atoms with Crippen molar-refractivity contribution in [3.05, 3.63) is 29.8 Å². The van der Waals surface area contributed by atoms with Gasteiger partial charge >= 0.3 is 0 Å². The molecule has 18 heavy (non-hydrogen) atoms. The Hall–Kier alpha value is -1.55. The van der Waals surface area contributed by atoms with Crippen LogP contribution in [0.25, 0.3) is 0 Å². The van der Waals surface area contributed by atoms with Crippen molar-refractivity contribution >= 4 is 5.91 Å². The molecule has 4 nitrogen and oxygen atoms in total. The third kappa shape index (κ3) is 4.04. The van der Waals surface area contributed by atoms with Crippen LogP contribution in [0.3, 0.4) is 0 Å². The lowest BCUT2D eigenvalue weighted by atomic mass is 10.1. The number of benzene rings is 1. The maximum Gasteiger partial charge on any atom is 0.260 e. The average molecular weight is 251 g/mol. The van der Waals surface area contributed by atoms with Crippen LogP contribution in [-0.4, -0.2) is 35.6 Å². The minimum Gasteiger partial charge on any atom is -0.484 e. The summed E-state index contributed by atoms with van der Waals surface area (Å²) in [6, 6.07) is 7.25. The van der Waals surface area contributed by atoms with E-state index in [1.165, 1.54) is 0 Å². The van der Waals surface area contributed by atoms with Gasteiger partial charge in [0, 0.05) is 13.1 Å². The number of nitrogens with zero attached hydrogens (tertiary/aromatic N) is 1. The lowest BCUT2D eigenvalue weighted by Crippen LogP contribution is -2.36. The van der Waals surface area contributed by atoms with Gasteiger partial charge in [0.25, 0.3) is 5.91 Å². The third-order valence-corrected chi connectivity index (χ3v) is 2.89. The number of aliphatic hydroxyl groups is 1. The van der Waals surface area contributed by atoms with Crippen molar-refractivity contribution in [2.24, 2.45) is 0 Å². The summed E-state index contributed by atoms with van der Waals surface area (Å²) >= 11 is 0. The number of carbonyl (C=O) groups is 1. The largest absolute Gasteiger partial charge is 0.484 e. The van der Waals surface area contributed by atoms with Crippen molar-refractivity contribution in [2.75, 3.05) is 13.7 Å². The van der Waals surface area contributed by atoms with Crippen molar-refractivity contribution in [1.29, 1.82) is 0 Å². The van der Waals surface area contributed by atoms with E-state index in [1.807, 2.05) is 13.8 Å². The van der Waals surface area contributed by atoms with Crippen molar-refractivity contribution < 1.29 is 14.6 Å². The first-order chi connectivity index (χ1) is 8.41. The average Bonchev–Trinajstić information content (AvgIpc) is 2.35. The summed E-state index contributed by atoms with van der Waals surface area (Å²) in [5.74, 6) is 0.578. The molecule has 100 valence electrons. The van der Waals surface area contributed by atoms with Crippen LogP contribution in [0.15, 0.2) is 24.3 Å². The Kier molecular flexibility index (Phi) is 5.16. The van der Waals surface area contributed by atoms with E-state index in [2.05, 4.69) is 0 Å². The summed E-state index contributed by atoms with van der Waals surface area (Å²) in [4.78, 5) is 13.3. The van der Waals surface area contributed by atoms with Crippen molar-refractivity contribution in [2.45, 2.75) is 32.9 Å². The Morgan fingerprint density at radius 3 is 2.28 bits per heavy atom. The molecule has 1 atom stereocenters. The summed E-state index contributed by atoms with van der Waals surface area (Å²) in [7, 11) is 1.76.